The summed E-state index contributed by atoms with van der Waals surface area (Å²) in [6.45, 7) is 24.4. The van der Waals surface area contributed by atoms with E-state index in [0.717, 1.165) is 32.4 Å². The standard InChI is InChI=1S/C60H67BN4/c1-38-32-43-36-54-55(38)61-49-27-22-42-35-53(49)65(47-25-26-48-52(37-47)63(31-29-58(48,4)5)46-17-12-15-41(34-46)59(42,6)7)51-19-13-18-50(56(51)61)64(54)44-23-20-39(21-24-44)57(2,3)28-30-62(10)45-16-11-14-40(33-45)60(43,8)9/h12-13,15,17-27,33-38,45H,11,14,16,28-32H2,1-10H3. The summed E-state index contributed by atoms with van der Waals surface area (Å²) in [5, 5.41) is 0. The molecule has 13 rings (SSSR count). The molecule has 65 heavy (non-hydrogen) atoms. The van der Waals surface area contributed by atoms with Crippen molar-refractivity contribution in [2.75, 3.05) is 34.8 Å². The predicted octanol–water partition coefficient (Wildman–Crippen LogP) is 13.6. The summed E-state index contributed by atoms with van der Waals surface area (Å²) in [5.74, 6) is 0.348. The van der Waals surface area contributed by atoms with Gasteiger partial charge in [0.15, 0.2) is 0 Å². The molecule has 8 aliphatic rings. The van der Waals surface area contributed by atoms with Crippen LogP contribution in [0.5, 0.6) is 0 Å². The summed E-state index contributed by atoms with van der Waals surface area (Å²) in [4.78, 5) is 10.6. The van der Waals surface area contributed by atoms with Gasteiger partial charge in [-0.25, -0.2) is 0 Å². The summed E-state index contributed by atoms with van der Waals surface area (Å²) < 4.78 is 0. The largest absolute Gasteiger partial charge is 0.341 e. The average molecular weight is 855 g/mol. The maximum Gasteiger partial charge on any atom is 0.247 e. The van der Waals surface area contributed by atoms with Crippen LogP contribution in [0.25, 0.3) is 0 Å². The molecule has 2 atom stereocenters. The van der Waals surface area contributed by atoms with E-state index in [2.05, 4.69) is 204 Å². The van der Waals surface area contributed by atoms with E-state index in [1.54, 1.807) is 16.6 Å². The van der Waals surface area contributed by atoms with Crippen LogP contribution in [-0.2, 0) is 16.2 Å². The van der Waals surface area contributed by atoms with Crippen molar-refractivity contribution in [3.63, 3.8) is 0 Å². The molecule has 0 saturated carbocycles. The van der Waals surface area contributed by atoms with Crippen molar-refractivity contribution in [2.45, 2.75) is 123 Å². The van der Waals surface area contributed by atoms with E-state index in [0.29, 0.717) is 12.0 Å². The van der Waals surface area contributed by atoms with Gasteiger partial charge in [-0.2, -0.15) is 0 Å². The van der Waals surface area contributed by atoms with Crippen molar-refractivity contribution in [3.8, 4) is 0 Å². The first-order valence-electron chi connectivity index (χ1n) is 24.9. The molecule has 0 amide bonds. The molecule has 5 heteroatoms. The van der Waals surface area contributed by atoms with Crippen molar-refractivity contribution >= 4 is 57.5 Å². The summed E-state index contributed by atoms with van der Waals surface area (Å²) >= 11 is 0. The quantitative estimate of drug-likeness (QED) is 0.114. The fraction of sp³-hybridized carbons (Fsp3) is 0.400. The zero-order valence-electron chi connectivity index (χ0n) is 40.6. The maximum absolute atomic E-state index is 2.69. The highest BCUT2D eigenvalue weighted by atomic mass is 15.2. The lowest BCUT2D eigenvalue weighted by molar-refractivity contribution is 0.232. The Bertz CT molecular complexity index is 2910. The number of allylic oxidation sites excluding steroid dienone is 4. The van der Waals surface area contributed by atoms with E-state index in [1.165, 1.54) is 98.0 Å². The molecule has 0 N–H and O–H groups in total. The van der Waals surface area contributed by atoms with Gasteiger partial charge in [0.05, 0.1) is 0 Å². The smallest absolute Gasteiger partial charge is 0.247 e. The van der Waals surface area contributed by atoms with Crippen LogP contribution in [0.2, 0.25) is 0 Å². The van der Waals surface area contributed by atoms with Gasteiger partial charge in [-0.1, -0.05) is 134 Å². The number of benzene rings is 5. The number of likely N-dealkylation sites (N-methyl/N-ethyl adjacent to an activating group) is 1. The first-order chi connectivity index (χ1) is 31.0. The molecule has 0 aromatic heterocycles. The zero-order valence-corrected chi connectivity index (χ0v) is 40.6. The Morgan fingerprint density at radius 3 is 2.11 bits per heavy atom. The van der Waals surface area contributed by atoms with Crippen LogP contribution in [0.3, 0.4) is 0 Å². The summed E-state index contributed by atoms with van der Waals surface area (Å²) in [6.07, 6.45) is 12.3. The van der Waals surface area contributed by atoms with Gasteiger partial charge >= 0.3 is 0 Å². The Balaban J connectivity index is 1.14. The number of nitrogens with zero attached hydrogens (tertiary/aromatic N) is 4. The molecule has 0 spiro atoms. The molecule has 5 aromatic carbocycles. The molecular weight excluding hydrogens is 787 g/mol. The summed E-state index contributed by atoms with van der Waals surface area (Å²) in [5.41, 5.74) is 23.4. The van der Waals surface area contributed by atoms with Gasteiger partial charge in [0.2, 0.25) is 6.71 Å². The zero-order chi connectivity index (χ0) is 44.9. The number of anilines is 7. The molecule has 0 saturated heterocycles. The van der Waals surface area contributed by atoms with E-state index in [1.807, 2.05) is 0 Å². The third-order valence-corrected chi connectivity index (χ3v) is 18.0. The monoisotopic (exact) mass is 855 g/mol. The van der Waals surface area contributed by atoms with Gasteiger partial charge in [-0.15, -0.1) is 0 Å². The van der Waals surface area contributed by atoms with Crippen molar-refractivity contribution in [3.05, 3.63) is 160 Å². The van der Waals surface area contributed by atoms with Crippen molar-refractivity contribution in [1.29, 1.82) is 0 Å². The van der Waals surface area contributed by atoms with Crippen LogP contribution in [-0.4, -0.2) is 37.8 Å². The minimum absolute atomic E-state index is 0.0424. The second kappa shape index (κ2) is 14.1. The summed E-state index contributed by atoms with van der Waals surface area (Å²) in [6, 6.07) is 41.8. The molecule has 2 unspecified atom stereocenters. The van der Waals surface area contributed by atoms with Gasteiger partial charge in [0.1, 0.15) is 0 Å². The molecule has 6 aliphatic heterocycles. The molecule has 6 heterocycles. The number of fused-ring (bicyclic) bond motifs is 14. The predicted molar refractivity (Wildman–Crippen MR) is 277 cm³/mol. The third kappa shape index (κ3) is 6.06. The van der Waals surface area contributed by atoms with Gasteiger partial charge in [0, 0.05) is 68.9 Å². The number of rotatable bonds is 0. The fourth-order valence-corrected chi connectivity index (χ4v) is 13.4. The highest BCUT2D eigenvalue weighted by molar-refractivity contribution is 6.95. The SMILES string of the molecule is CC1CC2=CC3=C1B1c4ccc5cc4N(c4ccc6c(c4)N(CCC6(C)C)c4cccc(c4)C5(C)C)c4cccc(c41)N3c1ccc(cc1)C(C)(C)CCN(C)C1C=C(CCC1)C2(C)C. The minimum atomic E-state index is -0.207. The third-order valence-electron chi connectivity index (χ3n) is 18.0. The molecule has 2 aliphatic carbocycles. The first kappa shape index (κ1) is 41.2. The minimum Gasteiger partial charge on any atom is -0.341 e. The Labute approximate surface area is 389 Å². The van der Waals surface area contributed by atoms with Crippen molar-refractivity contribution in [1.82, 2.24) is 4.90 Å². The van der Waals surface area contributed by atoms with Crippen molar-refractivity contribution < 1.29 is 0 Å². The molecule has 330 valence electrons. The molecule has 5 aromatic rings. The van der Waals surface area contributed by atoms with Crippen LogP contribution < -0.4 is 25.6 Å². The Morgan fingerprint density at radius 2 is 1.31 bits per heavy atom. The second-order valence-electron chi connectivity index (χ2n) is 23.3. The summed E-state index contributed by atoms with van der Waals surface area (Å²) in [7, 11) is 2.37. The molecule has 0 fully saturated rings. The number of hydrogen-bond donors (Lipinski definition) is 0. The van der Waals surface area contributed by atoms with Crippen LogP contribution in [0.4, 0.5) is 39.8 Å². The lowest BCUT2D eigenvalue weighted by Crippen LogP contribution is -2.57. The van der Waals surface area contributed by atoms with Gasteiger partial charge < -0.3 is 14.7 Å². The molecule has 0 radical (unpaired) electrons. The van der Waals surface area contributed by atoms with Gasteiger partial charge in [-0.3, -0.25) is 4.90 Å². The number of hydrogen-bond acceptors (Lipinski definition) is 4. The second-order valence-corrected chi connectivity index (χ2v) is 23.3. The Morgan fingerprint density at radius 1 is 0.600 bits per heavy atom. The Kier molecular flexibility index (Phi) is 8.95. The topological polar surface area (TPSA) is 13.0 Å². The highest BCUT2D eigenvalue weighted by Crippen LogP contribution is 2.54. The van der Waals surface area contributed by atoms with Gasteiger partial charge in [0.25, 0.3) is 0 Å². The van der Waals surface area contributed by atoms with Crippen molar-refractivity contribution in [2.24, 2.45) is 11.3 Å². The van der Waals surface area contributed by atoms with Gasteiger partial charge in [-0.05, 0) is 163 Å². The molecule has 12 bridgehead atoms. The normalized spacial score (nSPS) is 24.1. The van der Waals surface area contributed by atoms with Crippen LogP contribution >= 0.6 is 0 Å². The van der Waals surface area contributed by atoms with E-state index >= 15 is 0 Å². The van der Waals surface area contributed by atoms with E-state index in [4.69, 9.17) is 0 Å². The Hall–Kier alpha value is -5.26. The first-order valence-corrected chi connectivity index (χ1v) is 24.9. The van der Waals surface area contributed by atoms with Crippen LogP contribution in [0.15, 0.2) is 138 Å². The molecular formula is C60H67BN4. The van der Waals surface area contributed by atoms with E-state index in [-0.39, 0.29) is 28.4 Å². The average Bonchev–Trinajstić information content (AvgIpc) is 3.30. The molecule has 4 nitrogen and oxygen atoms in total. The maximum atomic E-state index is 2.69. The van der Waals surface area contributed by atoms with E-state index < -0.39 is 0 Å². The highest BCUT2D eigenvalue weighted by Gasteiger charge is 2.48. The van der Waals surface area contributed by atoms with Crippen LogP contribution in [0, 0.1) is 11.3 Å². The lowest BCUT2D eigenvalue weighted by Gasteiger charge is -2.49. The van der Waals surface area contributed by atoms with E-state index in [9.17, 15) is 0 Å². The lowest BCUT2D eigenvalue weighted by atomic mass is 9.30. The van der Waals surface area contributed by atoms with Crippen LogP contribution in [0.1, 0.15) is 123 Å². The fourth-order valence-electron chi connectivity index (χ4n) is 13.4.